The number of carbonyl (C=O) groups is 2. The molecule has 0 aliphatic heterocycles. The van der Waals surface area contributed by atoms with E-state index in [1.807, 2.05) is 36.4 Å². The lowest BCUT2D eigenvalue weighted by molar-refractivity contribution is -0.137. The molecule has 0 saturated heterocycles. The molecule has 1 unspecified atom stereocenters. The second kappa shape index (κ2) is 8.85. The van der Waals surface area contributed by atoms with E-state index in [1.165, 1.54) is 10.7 Å². The summed E-state index contributed by atoms with van der Waals surface area (Å²) in [7, 11) is 0. The van der Waals surface area contributed by atoms with Crippen LogP contribution in [0.5, 0.6) is 5.88 Å². The van der Waals surface area contributed by atoms with E-state index in [9.17, 15) is 14.7 Å². The van der Waals surface area contributed by atoms with Gasteiger partial charge >= 0.3 is 5.97 Å². The van der Waals surface area contributed by atoms with Gasteiger partial charge in [0.25, 0.3) is 5.91 Å². The molecular weight excluding hydrogens is 358 g/mol. The number of nitrogens with one attached hydrogen (secondary N) is 1. The highest BCUT2D eigenvalue weighted by Gasteiger charge is 2.20. The molecule has 0 saturated carbocycles. The van der Waals surface area contributed by atoms with Crippen LogP contribution < -0.4 is 5.32 Å². The van der Waals surface area contributed by atoms with Crippen LogP contribution in [-0.4, -0.2) is 37.9 Å². The highest BCUT2D eigenvalue weighted by molar-refractivity contribution is 5.93. The third kappa shape index (κ3) is 4.97. The maximum atomic E-state index is 12.6. The molecule has 7 nitrogen and oxygen atoms in total. The Balaban J connectivity index is 1.70. The Morgan fingerprint density at radius 2 is 1.68 bits per heavy atom. The third-order valence-electron chi connectivity index (χ3n) is 4.30. The second-order valence-corrected chi connectivity index (χ2v) is 6.43. The summed E-state index contributed by atoms with van der Waals surface area (Å²) in [6.45, 7) is 0. The first-order valence-corrected chi connectivity index (χ1v) is 8.94. The lowest BCUT2D eigenvalue weighted by Gasteiger charge is -2.16. The van der Waals surface area contributed by atoms with E-state index in [4.69, 9.17) is 5.11 Å². The fourth-order valence-electron chi connectivity index (χ4n) is 2.92. The molecule has 3 rings (SSSR count). The normalized spacial score (nSPS) is 11.7. The molecule has 1 heterocycles. The van der Waals surface area contributed by atoms with Crippen LogP contribution in [0.25, 0.3) is 5.69 Å². The summed E-state index contributed by atoms with van der Waals surface area (Å²) < 4.78 is 1.26. The van der Waals surface area contributed by atoms with Gasteiger partial charge in [-0.1, -0.05) is 48.5 Å². The van der Waals surface area contributed by atoms with Gasteiger partial charge in [-0.3, -0.25) is 9.59 Å². The van der Waals surface area contributed by atoms with Crippen LogP contribution in [0.3, 0.4) is 0 Å². The van der Waals surface area contributed by atoms with Crippen molar-refractivity contribution in [2.24, 2.45) is 0 Å². The summed E-state index contributed by atoms with van der Waals surface area (Å²) in [4.78, 5) is 23.7. The number of carboxylic acids is 1. The fourth-order valence-corrected chi connectivity index (χ4v) is 2.92. The molecule has 3 aromatic rings. The second-order valence-electron chi connectivity index (χ2n) is 6.43. The average molecular weight is 379 g/mol. The number of benzene rings is 2. The van der Waals surface area contributed by atoms with Crippen molar-refractivity contribution >= 4 is 11.9 Å². The zero-order valence-corrected chi connectivity index (χ0v) is 15.2. The molecule has 1 amide bonds. The predicted molar refractivity (Wildman–Crippen MR) is 103 cm³/mol. The van der Waals surface area contributed by atoms with Crippen LogP contribution in [0.4, 0.5) is 0 Å². The number of hydrogen-bond donors (Lipinski definition) is 3. The maximum absolute atomic E-state index is 12.6. The van der Waals surface area contributed by atoms with Gasteiger partial charge in [0.05, 0.1) is 12.1 Å². The molecule has 0 bridgehead atoms. The number of amides is 1. The Morgan fingerprint density at radius 1 is 1.04 bits per heavy atom. The lowest BCUT2D eigenvalue weighted by Crippen LogP contribution is -2.37. The van der Waals surface area contributed by atoms with Crippen LogP contribution in [-0.2, 0) is 11.2 Å². The predicted octanol–water partition coefficient (Wildman–Crippen LogP) is 2.78. The van der Waals surface area contributed by atoms with E-state index in [1.54, 1.807) is 24.3 Å². The van der Waals surface area contributed by atoms with Gasteiger partial charge in [-0.05, 0) is 30.5 Å². The first-order chi connectivity index (χ1) is 13.5. The standard InChI is InChI=1S/C21H21N3O4/c25-19-14-18(23-24(19)17-9-5-2-6-10-17)21(28)22-16(13-20(26)27)12-11-15-7-3-1-4-8-15/h1-10,14,16,25H,11-13H2,(H,22,28)(H,26,27). The van der Waals surface area contributed by atoms with Gasteiger partial charge in [-0.25, -0.2) is 4.68 Å². The van der Waals surface area contributed by atoms with Gasteiger partial charge in [0.15, 0.2) is 5.69 Å². The summed E-state index contributed by atoms with van der Waals surface area (Å²) in [6, 6.07) is 19.3. The highest BCUT2D eigenvalue weighted by Crippen LogP contribution is 2.18. The zero-order chi connectivity index (χ0) is 19.9. The molecule has 28 heavy (non-hydrogen) atoms. The van der Waals surface area contributed by atoms with Gasteiger partial charge in [-0.15, -0.1) is 0 Å². The fraction of sp³-hybridized carbons (Fsp3) is 0.190. The molecule has 0 fully saturated rings. The Hall–Kier alpha value is -3.61. The molecule has 0 radical (unpaired) electrons. The van der Waals surface area contributed by atoms with Crippen LogP contribution in [0.15, 0.2) is 66.7 Å². The molecule has 1 atom stereocenters. The number of rotatable bonds is 8. The highest BCUT2D eigenvalue weighted by atomic mass is 16.4. The van der Waals surface area contributed by atoms with Gasteiger partial charge in [-0.2, -0.15) is 5.10 Å². The van der Waals surface area contributed by atoms with Gasteiger partial charge in [0, 0.05) is 12.1 Å². The first-order valence-electron chi connectivity index (χ1n) is 8.94. The van der Waals surface area contributed by atoms with Crippen molar-refractivity contribution in [3.63, 3.8) is 0 Å². The van der Waals surface area contributed by atoms with Gasteiger partial charge in [0.1, 0.15) is 0 Å². The summed E-state index contributed by atoms with van der Waals surface area (Å²) in [5.74, 6) is -1.68. The summed E-state index contributed by atoms with van der Waals surface area (Å²) >= 11 is 0. The maximum Gasteiger partial charge on any atom is 0.305 e. The number of carboxylic acid groups (broad SMARTS) is 1. The smallest absolute Gasteiger partial charge is 0.305 e. The van der Waals surface area contributed by atoms with Gasteiger partial charge in [0.2, 0.25) is 5.88 Å². The molecule has 3 N–H and O–H groups in total. The van der Waals surface area contributed by atoms with Crippen molar-refractivity contribution < 1.29 is 19.8 Å². The number of carbonyl (C=O) groups excluding carboxylic acids is 1. The molecule has 0 aliphatic carbocycles. The quantitative estimate of drug-likeness (QED) is 0.558. The first kappa shape index (κ1) is 19.2. The molecular formula is C21H21N3O4. The Kier molecular flexibility index (Phi) is 6.06. The van der Waals surface area contributed by atoms with Gasteiger partial charge < -0.3 is 15.5 Å². The van der Waals surface area contributed by atoms with Crippen molar-refractivity contribution in [3.05, 3.63) is 78.0 Å². The van der Waals surface area contributed by atoms with Crippen LogP contribution in [0.2, 0.25) is 0 Å². The number of nitrogens with zero attached hydrogens (tertiary/aromatic N) is 2. The average Bonchev–Trinajstić information content (AvgIpc) is 3.09. The molecule has 1 aromatic heterocycles. The van der Waals surface area contributed by atoms with Crippen molar-refractivity contribution in [1.82, 2.24) is 15.1 Å². The van der Waals surface area contributed by atoms with Crippen LogP contribution >= 0.6 is 0 Å². The largest absolute Gasteiger partial charge is 0.493 e. The molecule has 0 aliphatic rings. The van der Waals surface area contributed by atoms with Crippen molar-refractivity contribution in [1.29, 1.82) is 0 Å². The zero-order valence-electron chi connectivity index (χ0n) is 15.2. The summed E-state index contributed by atoms with van der Waals surface area (Å²) in [5.41, 5.74) is 1.71. The van der Waals surface area contributed by atoms with Crippen molar-refractivity contribution in [3.8, 4) is 11.6 Å². The van der Waals surface area contributed by atoms with Crippen molar-refractivity contribution in [2.45, 2.75) is 25.3 Å². The topological polar surface area (TPSA) is 104 Å². The van der Waals surface area contributed by atoms with E-state index in [-0.39, 0.29) is 18.0 Å². The number of para-hydroxylation sites is 1. The monoisotopic (exact) mass is 379 g/mol. The van der Waals surface area contributed by atoms with E-state index >= 15 is 0 Å². The molecule has 7 heteroatoms. The van der Waals surface area contributed by atoms with E-state index in [0.717, 1.165) is 5.56 Å². The van der Waals surface area contributed by atoms with E-state index in [0.29, 0.717) is 18.5 Å². The molecule has 0 spiro atoms. The third-order valence-corrected chi connectivity index (χ3v) is 4.30. The minimum Gasteiger partial charge on any atom is -0.493 e. The summed E-state index contributed by atoms with van der Waals surface area (Å²) in [6.07, 6.45) is 0.931. The Bertz CT molecular complexity index is 939. The number of aliphatic carboxylic acids is 1. The number of aromatic hydroxyl groups is 1. The molecule has 2 aromatic carbocycles. The van der Waals surface area contributed by atoms with Crippen LogP contribution in [0, 0.1) is 0 Å². The summed E-state index contributed by atoms with van der Waals surface area (Å²) in [5, 5.41) is 26.1. The molecule has 144 valence electrons. The number of aryl methyl sites for hydroxylation is 1. The number of aromatic nitrogens is 2. The van der Waals surface area contributed by atoms with Crippen LogP contribution in [0.1, 0.15) is 28.9 Å². The van der Waals surface area contributed by atoms with E-state index < -0.39 is 17.9 Å². The minimum absolute atomic E-state index is 0.0245. The Morgan fingerprint density at radius 3 is 2.32 bits per heavy atom. The van der Waals surface area contributed by atoms with E-state index in [2.05, 4.69) is 10.4 Å². The SMILES string of the molecule is O=C(O)CC(CCc1ccccc1)NC(=O)c1cc(O)n(-c2ccccc2)n1. The lowest BCUT2D eigenvalue weighted by atomic mass is 10.0. The number of hydrogen-bond acceptors (Lipinski definition) is 4. The van der Waals surface area contributed by atoms with Crippen molar-refractivity contribution in [2.75, 3.05) is 0 Å². The minimum atomic E-state index is -0.990. The Labute approximate surface area is 162 Å².